The van der Waals surface area contributed by atoms with E-state index in [4.69, 9.17) is 18.0 Å². The predicted molar refractivity (Wildman–Crippen MR) is 86.0 cm³/mol. The zero-order valence-corrected chi connectivity index (χ0v) is 12.8. The maximum Gasteiger partial charge on any atom is 0.106 e. The van der Waals surface area contributed by atoms with Gasteiger partial charge in [0.1, 0.15) is 4.99 Å². The second-order valence-electron chi connectivity index (χ2n) is 5.37. The van der Waals surface area contributed by atoms with Gasteiger partial charge < -0.3 is 10.6 Å². The molecule has 104 valence electrons. The molecule has 4 heteroatoms. The summed E-state index contributed by atoms with van der Waals surface area (Å²) in [6, 6.07) is 6.93. The number of benzene rings is 1. The van der Waals surface area contributed by atoms with Crippen LogP contribution in [0.4, 0.5) is 5.69 Å². The summed E-state index contributed by atoms with van der Waals surface area (Å²) in [4.78, 5) is 5.35. The zero-order chi connectivity index (χ0) is 14.0. The van der Waals surface area contributed by atoms with E-state index < -0.39 is 0 Å². The molecule has 1 aromatic rings. The summed E-state index contributed by atoms with van der Waals surface area (Å²) >= 11 is 5.18. The third-order valence-corrected chi connectivity index (χ3v) is 4.23. The van der Waals surface area contributed by atoms with E-state index in [1.807, 2.05) is 6.07 Å². The molecule has 1 aliphatic rings. The average molecular weight is 277 g/mol. The molecule has 1 fully saturated rings. The third kappa shape index (κ3) is 3.07. The summed E-state index contributed by atoms with van der Waals surface area (Å²) < 4.78 is 0. The first kappa shape index (κ1) is 14.3. The highest BCUT2D eigenvalue weighted by molar-refractivity contribution is 7.80. The van der Waals surface area contributed by atoms with Crippen molar-refractivity contribution in [2.24, 2.45) is 5.73 Å². The van der Waals surface area contributed by atoms with Crippen LogP contribution in [0.1, 0.15) is 24.5 Å². The number of nitrogens with zero attached hydrogens (tertiary/aromatic N) is 2. The van der Waals surface area contributed by atoms with Crippen LogP contribution in [-0.4, -0.2) is 42.6 Å². The number of aryl methyl sites for hydroxylation is 1. The number of piperazine rings is 1. The summed E-state index contributed by atoms with van der Waals surface area (Å²) in [6.45, 7) is 7.52. The van der Waals surface area contributed by atoms with Crippen molar-refractivity contribution < 1.29 is 0 Å². The van der Waals surface area contributed by atoms with Crippen LogP contribution >= 0.6 is 12.2 Å². The first-order chi connectivity index (χ1) is 9.02. The molecule has 0 aromatic heterocycles. The quantitative estimate of drug-likeness (QED) is 0.858. The Morgan fingerprint density at radius 3 is 2.79 bits per heavy atom. The van der Waals surface area contributed by atoms with Gasteiger partial charge in [0.2, 0.25) is 0 Å². The lowest BCUT2D eigenvalue weighted by atomic mass is 10.0. The van der Waals surface area contributed by atoms with E-state index in [0.717, 1.165) is 25.2 Å². The molecule has 19 heavy (non-hydrogen) atoms. The summed E-state index contributed by atoms with van der Waals surface area (Å²) in [5, 5.41) is 0. The van der Waals surface area contributed by atoms with E-state index in [1.54, 1.807) is 0 Å². The van der Waals surface area contributed by atoms with Gasteiger partial charge in [0.25, 0.3) is 0 Å². The summed E-state index contributed by atoms with van der Waals surface area (Å²) in [7, 11) is 2.20. The van der Waals surface area contributed by atoms with Gasteiger partial charge in [-0.05, 0) is 38.1 Å². The Bertz CT molecular complexity index is 472. The van der Waals surface area contributed by atoms with Crippen LogP contribution < -0.4 is 10.6 Å². The Balaban J connectivity index is 2.31. The van der Waals surface area contributed by atoms with Crippen molar-refractivity contribution in [1.29, 1.82) is 0 Å². The molecule has 0 amide bonds. The smallest absolute Gasteiger partial charge is 0.106 e. The molecule has 0 bridgehead atoms. The Hall–Kier alpha value is -1.13. The van der Waals surface area contributed by atoms with Gasteiger partial charge >= 0.3 is 0 Å². The SMILES string of the molecule is CCC1CN(c2cc(C)ccc2C(N)=S)CCN1C. The number of anilines is 1. The number of thiocarbonyl (C=S) groups is 1. The molecule has 1 unspecified atom stereocenters. The fraction of sp³-hybridized carbons (Fsp3) is 0.533. The number of rotatable bonds is 3. The van der Waals surface area contributed by atoms with Crippen molar-refractivity contribution >= 4 is 22.9 Å². The van der Waals surface area contributed by atoms with E-state index >= 15 is 0 Å². The van der Waals surface area contributed by atoms with Crippen LogP contribution in [0, 0.1) is 6.92 Å². The lowest BCUT2D eigenvalue weighted by Crippen LogP contribution is -2.51. The summed E-state index contributed by atoms with van der Waals surface area (Å²) in [5.41, 5.74) is 9.31. The molecule has 1 aliphatic heterocycles. The molecule has 0 radical (unpaired) electrons. The fourth-order valence-corrected chi connectivity index (χ4v) is 2.89. The minimum absolute atomic E-state index is 0.488. The van der Waals surface area contributed by atoms with Gasteiger partial charge in [0.05, 0.1) is 0 Å². The molecule has 1 atom stereocenters. The highest BCUT2D eigenvalue weighted by atomic mass is 32.1. The van der Waals surface area contributed by atoms with Crippen molar-refractivity contribution in [3.63, 3.8) is 0 Å². The number of hydrogen-bond donors (Lipinski definition) is 1. The van der Waals surface area contributed by atoms with Crippen molar-refractivity contribution in [1.82, 2.24) is 4.90 Å². The van der Waals surface area contributed by atoms with Crippen LogP contribution in [0.5, 0.6) is 0 Å². The molecular weight excluding hydrogens is 254 g/mol. The normalized spacial score (nSPS) is 20.6. The van der Waals surface area contributed by atoms with Crippen molar-refractivity contribution in [3.8, 4) is 0 Å². The van der Waals surface area contributed by atoms with E-state index in [1.165, 1.54) is 17.7 Å². The van der Waals surface area contributed by atoms with Crippen LogP contribution in [0.25, 0.3) is 0 Å². The first-order valence-electron chi connectivity index (χ1n) is 6.88. The molecule has 2 rings (SSSR count). The Kier molecular flexibility index (Phi) is 4.42. The minimum Gasteiger partial charge on any atom is -0.389 e. The second kappa shape index (κ2) is 5.88. The molecule has 0 saturated carbocycles. The van der Waals surface area contributed by atoms with Gasteiger partial charge in [0.15, 0.2) is 0 Å². The summed E-state index contributed by atoms with van der Waals surface area (Å²) in [6.07, 6.45) is 1.17. The maximum atomic E-state index is 5.86. The third-order valence-electron chi connectivity index (χ3n) is 4.01. The van der Waals surface area contributed by atoms with Crippen LogP contribution in [0.3, 0.4) is 0 Å². The largest absolute Gasteiger partial charge is 0.389 e. The molecule has 3 nitrogen and oxygen atoms in total. The Labute approximate surface area is 121 Å². The molecule has 1 aromatic carbocycles. The first-order valence-corrected chi connectivity index (χ1v) is 7.29. The standard InChI is InChI=1S/C15H23N3S/c1-4-12-10-18(8-7-17(12)3)14-9-11(2)5-6-13(14)15(16)19/h5-6,9,12H,4,7-8,10H2,1-3H3,(H2,16,19). The number of likely N-dealkylation sites (N-methyl/N-ethyl adjacent to an activating group) is 1. The molecule has 1 heterocycles. The predicted octanol–water partition coefficient (Wildman–Crippen LogP) is 2.16. The van der Waals surface area contributed by atoms with E-state index in [9.17, 15) is 0 Å². The van der Waals surface area contributed by atoms with Crippen molar-refractivity contribution in [3.05, 3.63) is 29.3 Å². The molecule has 2 N–H and O–H groups in total. The van der Waals surface area contributed by atoms with Gasteiger partial charge in [-0.3, -0.25) is 4.90 Å². The highest BCUT2D eigenvalue weighted by Gasteiger charge is 2.24. The highest BCUT2D eigenvalue weighted by Crippen LogP contribution is 2.25. The molecule has 0 aliphatic carbocycles. The van der Waals surface area contributed by atoms with E-state index in [2.05, 4.69) is 42.8 Å². The van der Waals surface area contributed by atoms with Crippen LogP contribution in [0.15, 0.2) is 18.2 Å². The zero-order valence-electron chi connectivity index (χ0n) is 12.0. The Morgan fingerprint density at radius 2 is 2.16 bits per heavy atom. The van der Waals surface area contributed by atoms with E-state index in [0.29, 0.717) is 11.0 Å². The maximum absolute atomic E-state index is 5.86. The number of hydrogen-bond acceptors (Lipinski definition) is 3. The second-order valence-corrected chi connectivity index (χ2v) is 5.81. The van der Waals surface area contributed by atoms with Gasteiger partial charge in [0, 0.05) is 36.9 Å². The van der Waals surface area contributed by atoms with Gasteiger partial charge in [-0.15, -0.1) is 0 Å². The Morgan fingerprint density at radius 1 is 1.42 bits per heavy atom. The fourth-order valence-electron chi connectivity index (χ4n) is 2.72. The van der Waals surface area contributed by atoms with Gasteiger partial charge in [-0.25, -0.2) is 0 Å². The van der Waals surface area contributed by atoms with E-state index in [-0.39, 0.29) is 0 Å². The minimum atomic E-state index is 0.488. The average Bonchev–Trinajstić information content (AvgIpc) is 2.38. The molecule has 1 saturated heterocycles. The van der Waals surface area contributed by atoms with Gasteiger partial charge in [-0.1, -0.05) is 25.2 Å². The number of nitrogens with two attached hydrogens (primary N) is 1. The van der Waals surface area contributed by atoms with Crippen LogP contribution in [-0.2, 0) is 0 Å². The summed E-state index contributed by atoms with van der Waals surface area (Å²) in [5.74, 6) is 0. The monoisotopic (exact) mass is 277 g/mol. The molecular formula is C15H23N3S. The molecule has 0 spiro atoms. The van der Waals surface area contributed by atoms with Crippen molar-refractivity contribution in [2.75, 3.05) is 31.6 Å². The van der Waals surface area contributed by atoms with Crippen molar-refractivity contribution in [2.45, 2.75) is 26.3 Å². The van der Waals surface area contributed by atoms with Crippen LogP contribution in [0.2, 0.25) is 0 Å². The lowest BCUT2D eigenvalue weighted by molar-refractivity contribution is 0.213. The topological polar surface area (TPSA) is 32.5 Å². The lowest BCUT2D eigenvalue weighted by Gasteiger charge is -2.41. The van der Waals surface area contributed by atoms with Gasteiger partial charge in [-0.2, -0.15) is 0 Å².